The van der Waals surface area contributed by atoms with Gasteiger partial charge in [-0.25, -0.2) is 4.98 Å². The smallest absolute Gasteiger partial charge is 0.301 e. The van der Waals surface area contributed by atoms with Gasteiger partial charge in [0.2, 0.25) is 0 Å². The monoisotopic (exact) mass is 505 g/mol. The fourth-order valence-electron chi connectivity index (χ4n) is 4.93. The maximum absolute atomic E-state index is 13.7. The fraction of sp³-hybridized carbons (Fsp3) is 0.481. The van der Waals surface area contributed by atoms with Crippen LogP contribution in [-0.4, -0.2) is 33.6 Å². The number of likely N-dealkylation sites (tertiary alicyclic amines) is 1. The Kier molecular flexibility index (Phi) is 7.30. The Morgan fingerprint density at radius 3 is 2.40 bits per heavy atom. The Balaban J connectivity index is 1.76. The summed E-state index contributed by atoms with van der Waals surface area (Å²) in [6, 6.07) is 9.36. The van der Waals surface area contributed by atoms with Crippen molar-refractivity contribution >= 4 is 22.5 Å². The number of hydrogen-bond donors (Lipinski definition) is 0. The fourth-order valence-corrected chi connectivity index (χ4v) is 5.22. The van der Waals surface area contributed by atoms with Crippen LogP contribution in [0.5, 0.6) is 0 Å². The third-order valence-electron chi connectivity index (χ3n) is 6.83. The number of aromatic nitrogens is 2. The molecular formula is C27H31ClF3N3O. The summed E-state index contributed by atoms with van der Waals surface area (Å²) in [4.78, 5) is 21.0. The molecule has 0 radical (unpaired) electrons. The van der Waals surface area contributed by atoms with E-state index < -0.39 is 11.7 Å². The summed E-state index contributed by atoms with van der Waals surface area (Å²) in [6.07, 6.45) is -2.35. The van der Waals surface area contributed by atoms with Crippen LogP contribution < -0.4 is 5.56 Å². The number of fused-ring (bicyclic) bond motifs is 1. The van der Waals surface area contributed by atoms with Crippen LogP contribution in [-0.2, 0) is 12.7 Å². The van der Waals surface area contributed by atoms with E-state index in [1.54, 1.807) is 18.2 Å². The third-order valence-corrected chi connectivity index (χ3v) is 7.14. The predicted molar refractivity (Wildman–Crippen MR) is 135 cm³/mol. The van der Waals surface area contributed by atoms with Crippen molar-refractivity contribution in [2.45, 2.75) is 65.2 Å². The summed E-state index contributed by atoms with van der Waals surface area (Å²) in [5.41, 5.74) is 0.741. The van der Waals surface area contributed by atoms with E-state index in [9.17, 15) is 18.0 Å². The molecule has 1 aromatic heterocycles. The molecule has 1 fully saturated rings. The zero-order chi connectivity index (χ0) is 25.5. The standard InChI is InChI=1S/C27H31ClF3N3O/c1-16(2)25-32-24-10-8-19(20-7-9-22(23(28)13-20)27(29,30)31)12-21(24)26(35)34(25)15-18-6-5-11-33(14-18)17(3)4/h7-10,12-13,16-18H,5-6,11,14-15H2,1-4H3/t18-/m0/s1. The lowest BCUT2D eigenvalue weighted by Crippen LogP contribution is -2.42. The third kappa shape index (κ3) is 5.41. The number of rotatable bonds is 5. The van der Waals surface area contributed by atoms with Gasteiger partial charge in [0, 0.05) is 25.0 Å². The Morgan fingerprint density at radius 2 is 1.77 bits per heavy atom. The van der Waals surface area contributed by atoms with Gasteiger partial charge >= 0.3 is 6.18 Å². The van der Waals surface area contributed by atoms with Gasteiger partial charge in [-0.2, -0.15) is 13.2 Å². The molecule has 1 aliphatic rings. The van der Waals surface area contributed by atoms with Gasteiger partial charge in [0.15, 0.2) is 0 Å². The summed E-state index contributed by atoms with van der Waals surface area (Å²) >= 11 is 5.93. The Morgan fingerprint density at radius 1 is 1.09 bits per heavy atom. The molecule has 0 amide bonds. The average Bonchev–Trinajstić information content (AvgIpc) is 2.79. The molecule has 1 aliphatic heterocycles. The van der Waals surface area contributed by atoms with Gasteiger partial charge in [-0.15, -0.1) is 0 Å². The van der Waals surface area contributed by atoms with E-state index in [-0.39, 0.29) is 16.5 Å². The molecule has 0 N–H and O–H groups in total. The Labute approximate surface area is 208 Å². The maximum Gasteiger partial charge on any atom is 0.417 e. The van der Waals surface area contributed by atoms with Crippen LogP contribution in [0.4, 0.5) is 13.2 Å². The Hall–Kier alpha value is -2.38. The first-order valence-electron chi connectivity index (χ1n) is 12.1. The van der Waals surface area contributed by atoms with Crippen molar-refractivity contribution in [1.82, 2.24) is 14.5 Å². The van der Waals surface area contributed by atoms with Crippen molar-refractivity contribution in [1.29, 1.82) is 0 Å². The molecule has 0 bridgehead atoms. The van der Waals surface area contributed by atoms with Crippen LogP contribution in [0, 0.1) is 5.92 Å². The van der Waals surface area contributed by atoms with E-state index >= 15 is 0 Å². The molecule has 8 heteroatoms. The number of halogens is 4. The second kappa shape index (κ2) is 9.94. The first-order valence-corrected chi connectivity index (χ1v) is 12.5. The topological polar surface area (TPSA) is 38.1 Å². The Bertz CT molecular complexity index is 1280. The van der Waals surface area contributed by atoms with E-state index in [2.05, 4.69) is 18.7 Å². The second-order valence-electron chi connectivity index (χ2n) is 10.1. The second-order valence-corrected chi connectivity index (χ2v) is 10.5. The number of benzene rings is 2. The zero-order valence-corrected chi connectivity index (χ0v) is 21.2. The van der Waals surface area contributed by atoms with Crippen molar-refractivity contribution in [3.63, 3.8) is 0 Å². The van der Waals surface area contributed by atoms with Crippen molar-refractivity contribution < 1.29 is 13.2 Å². The molecule has 0 unspecified atom stereocenters. The van der Waals surface area contributed by atoms with Crippen LogP contribution in [0.25, 0.3) is 22.0 Å². The van der Waals surface area contributed by atoms with Gasteiger partial charge in [0.1, 0.15) is 5.82 Å². The molecule has 0 aliphatic carbocycles. The SMILES string of the molecule is CC(C)c1nc2ccc(-c3ccc(C(F)(F)F)c(Cl)c3)cc2c(=O)n1C[C@H]1CCCN(C(C)C)C1. The van der Waals surface area contributed by atoms with Crippen molar-refractivity contribution in [3.05, 3.63) is 63.2 Å². The summed E-state index contributed by atoms with van der Waals surface area (Å²) in [5, 5.41) is 0.0900. The molecule has 0 saturated carbocycles. The molecule has 2 aromatic carbocycles. The molecule has 2 heterocycles. The van der Waals surface area contributed by atoms with E-state index in [1.165, 1.54) is 12.1 Å². The van der Waals surface area contributed by atoms with Gasteiger partial charge in [-0.3, -0.25) is 9.36 Å². The number of nitrogens with zero attached hydrogens (tertiary/aromatic N) is 3. The lowest BCUT2D eigenvalue weighted by atomic mass is 9.96. The van der Waals surface area contributed by atoms with Crippen LogP contribution in [0.15, 0.2) is 41.2 Å². The highest BCUT2D eigenvalue weighted by Gasteiger charge is 2.33. The van der Waals surface area contributed by atoms with E-state index in [0.29, 0.717) is 40.5 Å². The largest absolute Gasteiger partial charge is 0.417 e. The van der Waals surface area contributed by atoms with Gasteiger partial charge in [-0.05, 0) is 74.5 Å². The van der Waals surface area contributed by atoms with Gasteiger partial charge in [-0.1, -0.05) is 37.6 Å². The summed E-state index contributed by atoms with van der Waals surface area (Å²) in [5.74, 6) is 1.19. The quantitative estimate of drug-likeness (QED) is 0.375. The molecule has 3 aromatic rings. The summed E-state index contributed by atoms with van der Waals surface area (Å²) in [6.45, 7) is 11.1. The normalized spacial score (nSPS) is 17.6. The summed E-state index contributed by atoms with van der Waals surface area (Å²) < 4.78 is 41.1. The van der Waals surface area contributed by atoms with Crippen molar-refractivity contribution in [2.75, 3.05) is 13.1 Å². The highest BCUT2D eigenvalue weighted by atomic mass is 35.5. The molecule has 4 rings (SSSR count). The molecule has 188 valence electrons. The van der Waals surface area contributed by atoms with Gasteiger partial charge in [0.05, 0.1) is 21.5 Å². The molecule has 4 nitrogen and oxygen atoms in total. The highest BCUT2D eigenvalue weighted by molar-refractivity contribution is 6.31. The lowest BCUT2D eigenvalue weighted by Gasteiger charge is -2.36. The first-order chi connectivity index (χ1) is 16.5. The van der Waals surface area contributed by atoms with E-state index in [1.807, 2.05) is 18.4 Å². The van der Waals surface area contributed by atoms with Gasteiger partial charge < -0.3 is 4.90 Å². The molecule has 35 heavy (non-hydrogen) atoms. The van der Waals surface area contributed by atoms with Crippen molar-refractivity contribution in [2.24, 2.45) is 5.92 Å². The van der Waals surface area contributed by atoms with Crippen LogP contribution in [0.1, 0.15) is 57.8 Å². The van der Waals surface area contributed by atoms with Crippen LogP contribution in [0.2, 0.25) is 5.02 Å². The molecular weight excluding hydrogens is 475 g/mol. The molecule has 1 saturated heterocycles. The van der Waals surface area contributed by atoms with Crippen LogP contribution >= 0.6 is 11.6 Å². The number of hydrogen-bond acceptors (Lipinski definition) is 3. The van der Waals surface area contributed by atoms with E-state index in [4.69, 9.17) is 16.6 Å². The maximum atomic E-state index is 13.7. The minimum atomic E-state index is -4.52. The van der Waals surface area contributed by atoms with Crippen LogP contribution in [0.3, 0.4) is 0 Å². The number of alkyl halides is 3. The lowest BCUT2D eigenvalue weighted by molar-refractivity contribution is -0.137. The van der Waals surface area contributed by atoms with Crippen molar-refractivity contribution in [3.8, 4) is 11.1 Å². The minimum Gasteiger partial charge on any atom is -0.301 e. The number of piperidine rings is 1. The average molecular weight is 506 g/mol. The highest BCUT2D eigenvalue weighted by Crippen LogP contribution is 2.37. The molecule has 1 atom stereocenters. The minimum absolute atomic E-state index is 0.0743. The first kappa shape index (κ1) is 25.7. The predicted octanol–water partition coefficient (Wildman–Crippen LogP) is 6.98. The summed E-state index contributed by atoms with van der Waals surface area (Å²) in [7, 11) is 0. The van der Waals surface area contributed by atoms with E-state index in [0.717, 1.165) is 37.8 Å². The molecule has 0 spiro atoms. The zero-order valence-electron chi connectivity index (χ0n) is 20.5. The van der Waals surface area contributed by atoms with Gasteiger partial charge in [0.25, 0.3) is 5.56 Å².